The van der Waals surface area contributed by atoms with E-state index in [4.69, 9.17) is 17.3 Å². The Labute approximate surface area is 116 Å². The van der Waals surface area contributed by atoms with Crippen LogP contribution in [-0.2, 0) is 0 Å². The largest absolute Gasteiger partial charge is 0.324 e. The first kappa shape index (κ1) is 15.5. The summed E-state index contributed by atoms with van der Waals surface area (Å²) in [5, 5.41) is 0.766. The van der Waals surface area contributed by atoms with E-state index in [9.17, 15) is 0 Å². The van der Waals surface area contributed by atoms with Crippen molar-refractivity contribution in [2.45, 2.75) is 38.6 Å². The summed E-state index contributed by atoms with van der Waals surface area (Å²) in [4.78, 5) is 2.37. The van der Waals surface area contributed by atoms with Crippen molar-refractivity contribution in [1.29, 1.82) is 0 Å². The SMILES string of the molecule is CCCCCN(C)CCC(N)c1ccc(Cl)cc1. The van der Waals surface area contributed by atoms with Crippen LogP contribution in [0.2, 0.25) is 5.02 Å². The van der Waals surface area contributed by atoms with Crippen LogP contribution in [0.4, 0.5) is 0 Å². The van der Waals surface area contributed by atoms with Crippen molar-refractivity contribution >= 4 is 11.6 Å². The van der Waals surface area contributed by atoms with Gasteiger partial charge in [-0.1, -0.05) is 43.5 Å². The van der Waals surface area contributed by atoms with Crippen LogP contribution >= 0.6 is 11.6 Å². The van der Waals surface area contributed by atoms with E-state index in [2.05, 4.69) is 18.9 Å². The van der Waals surface area contributed by atoms with E-state index in [1.54, 1.807) is 0 Å². The van der Waals surface area contributed by atoms with Crippen molar-refractivity contribution in [2.75, 3.05) is 20.1 Å². The van der Waals surface area contributed by atoms with Gasteiger partial charge in [0.25, 0.3) is 0 Å². The second-order valence-electron chi connectivity index (χ2n) is 4.96. The molecule has 0 heterocycles. The van der Waals surface area contributed by atoms with Gasteiger partial charge in [0.1, 0.15) is 0 Å². The second-order valence-corrected chi connectivity index (χ2v) is 5.39. The molecule has 0 saturated heterocycles. The summed E-state index contributed by atoms with van der Waals surface area (Å²) in [6, 6.07) is 7.95. The molecule has 0 spiro atoms. The highest BCUT2D eigenvalue weighted by molar-refractivity contribution is 6.30. The molecule has 0 fully saturated rings. The van der Waals surface area contributed by atoms with Gasteiger partial charge in [0.2, 0.25) is 0 Å². The number of unbranched alkanes of at least 4 members (excludes halogenated alkanes) is 2. The lowest BCUT2D eigenvalue weighted by Gasteiger charge is -2.19. The molecule has 102 valence electrons. The van der Waals surface area contributed by atoms with Crippen LogP contribution in [0.3, 0.4) is 0 Å². The molecular weight excluding hydrogens is 244 g/mol. The minimum absolute atomic E-state index is 0.107. The van der Waals surface area contributed by atoms with Crippen molar-refractivity contribution in [2.24, 2.45) is 5.73 Å². The third-order valence-corrected chi connectivity index (χ3v) is 3.52. The third kappa shape index (κ3) is 5.85. The molecule has 1 aromatic rings. The maximum atomic E-state index is 6.18. The van der Waals surface area contributed by atoms with E-state index >= 15 is 0 Å². The van der Waals surface area contributed by atoms with Gasteiger partial charge in [-0.2, -0.15) is 0 Å². The quantitative estimate of drug-likeness (QED) is 0.726. The van der Waals surface area contributed by atoms with Gasteiger partial charge in [0, 0.05) is 11.1 Å². The zero-order chi connectivity index (χ0) is 13.4. The Morgan fingerprint density at radius 3 is 2.44 bits per heavy atom. The van der Waals surface area contributed by atoms with Gasteiger partial charge in [-0.3, -0.25) is 0 Å². The number of benzene rings is 1. The molecule has 1 unspecified atom stereocenters. The summed E-state index contributed by atoms with van der Waals surface area (Å²) in [7, 11) is 2.17. The molecule has 1 atom stereocenters. The highest BCUT2D eigenvalue weighted by atomic mass is 35.5. The van der Waals surface area contributed by atoms with Crippen LogP contribution in [0.5, 0.6) is 0 Å². The van der Waals surface area contributed by atoms with Crippen molar-refractivity contribution in [3.8, 4) is 0 Å². The van der Waals surface area contributed by atoms with Gasteiger partial charge in [-0.15, -0.1) is 0 Å². The molecule has 0 bridgehead atoms. The smallest absolute Gasteiger partial charge is 0.0406 e. The maximum Gasteiger partial charge on any atom is 0.0406 e. The van der Waals surface area contributed by atoms with Gasteiger partial charge in [-0.25, -0.2) is 0 Å². The van der Waals surface area contributed by atoms with E-state index in [-0.39, 0.29) is 6.04 Å². The number of rotatable bonds is 8. The van der Waals surface area contributed by atoms with Gasteiger partial charge < -0.3 is 10.6 Å². The Bertz CT molecular complexity index is 324. The molecule has 1 rings (SSSR count). The van der Waals surface area contributed by atoms with E-state index < -0.39 is 0 Å². The number of nitrogens with zero attached hydrogens (tertiary/aromatic N) is 1. The van der Waals surface area contributed by atoms with Crippen molar-refractivity contribution in [1.82, 2.24) is 4.90 Å². The van der Waals surface area contributed by atoms with Crippen LogP contribution in [-0.4, -0.2) is 25.0 Å². The average molecular weight is 269 g/mol. The Balaban J connectivity index is 2.27. The summed E-state index contributed by atoms with van der Waals surface area (Å²) >= 11 is 5.87. The average Bonchev–Trinajstić information content (AvgIpc) is 2.37. The minimum atomic E-state index is 0.107. The van der Waals surface area contributed by atoms with Crippen LogP contribution in [0.25, 0.3) is 0 Å². The Morgan fingerprint density at radius 1 is 1.17 bits per heavy atom. The maximum absolute atomic E-state index is 6.18. The molecule has 0 aliphatic rings. The second kappa shape index (κ2) is 8.52. The van der Waals surface area contributed by atoms with Crippen LogP contribution < -0.4 is 5.73 Å². The number of halogens is 1. The Hall–Kier alpha value is -0.570. The van der Waals surface area contributed by atoms with Crippen LogP contribution in [0.15, 0.2) is 24.3 Å². The van der Waals surface area contributed by atoms with E-state index in [1.807, 2.05) is 24.3 Å². The van der Waals surface area contributed by atoms with E-state index in [1.165, 1.54) is 31.4 Å². The first-order valence-electron chi connectivity index (χ1n) is 6.83. The number of nitrogens with two attached hydrogens (primary N) is 1. The number of hydrogen-bond acceptors (Lipinski definition) is 2. The molecule has 0 aliphatic heterocycles. The first-order valence-corrected chi connectivity index (χ1v) is 7.21. The molecule has 2 N–H and O–H groups in total. The zero-order valence-electron chi connectivity index (χ0n) is 11.5. The fourth-order valence-corrected chi connectivity index (χ4v) is 2.11. The summed E-state index contributed by atoms with van der Waals surface area (Å²) in [6.07, 6.45) is 4.86. The van der Waals surface area contributed by atoms with Gasteiger partial charge in [0.05, 0.1) is 0 Å². The molecule has 1 aromatic carbocycles. The molecule has 0 aliphatic carbocycles. The molecule has 0 radical (unpaired) electrons. The predicted molar refractivity (Wildman–Crippen MR) is 80.0 cm³/mol. The molecule has 0 amide bonds. The lowest BCUT2D eigenvalue weighted by molar-refractivity contribution is 0.311. The van der Waals surface area contributed by atoms with Gasteiger partial charge in [-0.05, 0) is 50.7 Å². The normalized spacial score (nSPS) is 12.9. The van der Waals surface area contributed by atoms with Crippen molar-refractivity contribution in [3.05, 3.63) is 34.9 Å². The van der Waals surface area contributed by atoms with Gasteiger partial charge >= 0.3 is 0 Å². The van der Waals surface area contributed by atoms with Crippen molar-refractivity contribution in [3.63, 3.8) is 0 Å². The Kier molecular flexibility index (Phi) is 7.33. The fourth-order valence-electron chi connectivity index (χ4n) is 1.98. The molecule has 3 heteroatoms. The standard InChI is InChI=1S/C15H25ClN2/c1-3-4-5-11-18(2)12-10-15(17)13-6-8-14(16)9-7-13/h6-9,15H,3-5,10-12,17H2,1-2H3. The van der Waals surface area contributed by atoms with E-state index in [0.717, 1.165) is 18.0 Å². The number of hydrogen-bond donors (Lipinski definition) is 1. The minimum Gasteiger partial charge on any atom is -0.324 e. The summed E-state index contributed by atoms with van der Waals surface area (Å²) < 4.78 is 0. The fraction of sp³-hybridized carbons (Fsp3) is 0.600. The van der Waals surface area contributed by atoms with Gasteiger partial charge in [0.15, 0.2) is 0 Å². The summed E-state index contributed by atoms with van der Waals surface area (Å²) in [6.45, 7) is 4.45. The molecule has 18 heavy (non-hydrogen) atoms. The lowest BCUT2D eigenvalue weighted by Crippen LogP contribution is -2.24. The van der Waals surface area contributed by atoms with E-state index in [0.29, 0.717) is 0 Å². The van der Waals surface area contributed by atoms with Crippen molar-refractivity contribution < 1.29 is 0 Å². The third-order valence-electron chi connectivity index (χ3n) is 3.26. The molecule has 0 aromatic heterocycles. The zero-order valence-corrected chi connectivity index (χ0v) is 12.3. The molecular formula is C15H25ClN2. The predicted octanol–water partition coefficient (Wildman–Crippen LogP) is 3.85. The topological polar surface area (TPSA) is 29.3 Å². The first-order chi connectivity index (χ1) is 8.63. The molecule has 0 saturated carbocycles. The van der Waals surface area contributed by atoms with Crippen LogP contribution in [0, 0.1) is 0 Å². The summed E-state index contributed by atoms with van der Waals surface area (Å²) in [5.74, 6) is 0. The highest BCUT2D eigenvalue weighted by Crippen LogP contribution is 2.17. The monoisotopic (exact) mass is 268 g/mol. The Morgan fingerprint density at radius 2 is 1.83 bits per heavy atom. The summed E-state index contributed by atoms with van der Waals surface area (Å²) in [5.41, 5.74) is 7.35. The highest BCUT2D eigenvalue weighted by Gasteiger charge is 2.07. The lowest BCUT2D eigenvalue weighted by atomic mass is 10.0. The van der Waals surface area contributed by atoms with Crippen LogP contribution in [0.1, 0.15) is 44.2 Å². The molecule has 2 nitrogen and oxygen atoms in total.